The fourth-order valence-electron chi connectivity index (χ4n) is 5.17. The van der Waals surface area contributed by atoms with E-state index in [1.54, 1.807) is 0 Å². The van der Waals surface area contributed by atoms with Gasteiger partial charge in [-0.15, -0.1) is 6.42 Å². The normalized spacial score (nSPS) is 20.1. The van der Waals surface area contributed by atoms with Crippen LogP contribution in [0.2, 0.25) is 0 Å². The van der Waals surface area contributed by atoms with Gasteiger partial charge < -0.3 is 20.0 Å². The standard InChI is InChI=1S/C26H34N6/c1-3-22-24-20-30(19-21-7-5-4-6-8-21)12-9-23(24)26(31-13-10-27-11-14-31)28-25(22)32-17-15-29(2)16-18-32/h1,4-8,27H,9-20H2,2H3. The number of hydrogen-bond donors (Lipinski definition) is 1. The van der Waals surface area contributed by atoms with Crippen LogP contribution in [0.25, 0.3) is 0 Å². The number of nitrogens with one attached hydrogen (secondary N) is 1. The zero-order chi connectivity index (χ0) is 21.9. The lowest BCUT2D eigenvalue weighted by atomic mass is 9.94. The Hall–Kier alpha value is -2.59. The zero-order valence-corrected chi connectivity index (χ0v) is 19.2. The molecular formula is C26H34N6. The van der Waals surface area contributed by atoms with Crippen molar-refractivity contribution in [3.63, 3.8) is 0 Å². The Morgan fingerprint density at radius 3 is 2.34 bits per heavy atom. The van der Waals surface area contributed by atoms with Gasteiger partial charge in [-0.05, 0) is 24.6 Å². The lowest BCUT2D eigenvalue weighted by Gasteiger charge is -2.39. The summed E-state index contributed by atoms with van der Waals surface area (Å²) in [6.07, 6.45) is 7.17. The summed E-state index contributed by atoms with van der Waals surface area (Å²) in [6.45, 7) is 11.0. The summed E-state index contributed by atoms with van der Waals surface area (Å²) in [4.78, 5) is 15.1. The molecule has 1 aromatic carbocycles. The van der Waals surface area contributed by atoms with Crippen LogP contribution in [-0.2, 0) is 19.5 Å². The number of likely N-dealkylation sites (N-methyl/N-ethyl adjacent to an activating group) is 1. The van der Waals surface area contributed by atoms with Crippen molar-refractivity contribution in [2.24, 2.45) is 0 Å². The fraction of sp³-hybridized carbons (Fsp3) is 0.500. The number of rotatable bonds is 4. The average Bonchev–Trinajstić information content (AvgIpc) is 2.84. The molecule has 0 saturated carbocycles. The van der Waals surface area contributed by atoms with Crippen LogP contribution < -0.4 is 15.1 Å². The highest BCUT2D eigenvalue weighted by molar-refractivity contribution is 5.68. The molecule has 2 fully saturated rings. The molecule has 3 aliphatic rings. The van der Waals surface area contributed by atoms with E-state index in [0.717, 1.165) is 89.8 Å². The van der Waals surface area contributed by atoms with Gasteiger partial charge in [0.15, 0.2) is 0 Å². The third kappa shape index (κ3) is 4.33. The highest BCUT2D eigenvalue weighted by Gasteiger charge is 2.30. The molecule has 0 atom stereocenters. The van der Waals surface area contributed by atoms with Gasteiger partial charge in [0, 0.05) is 77.6 Å². The molecule has 4 heterocycles. The molecule has 2 aromatic rings. The van der Waals surface area contributed by atoms with E-state index in [9.17, 15) is 0 Å². The molecule has 5 rings (SSSR count). The van der Waals surface area contributed by atoms with Gasteiger partial charge >= 0.3 is 0 Å². The number of anilines is 2. The number of fused-ring (bicyclic) bond motifs is 1. The second-order valence-electron chi connectivity index (χ2n) is 9.21. The van der Waals surface area contributed by atoms with Gasteiger partial charge in [0.2, 0.25) is 0 Å². The minimum Gasteiger partial charge on any atom is -0.354 e. The van der Waals surface area contributed by atoms with E-state index in [-0.39, 0.29) is 0 Å². The molecule has 0 spiro atoms. The molecule has 6 nitrogen and oxygen atoms in total. The van der Waals surface area contributed by atoms with Gasteiger partial charge in [-0.25, -0.2) is 4.98 Å². The Morgan fingerprint density at radius 2 is 1.62 bits per heavy atom. The Labute approximate surface area is 192 Å². The maximum Gasteiger partial charge on any atom is 0.147 e. The Morgan fingerprint density at radius 1 is 0.906 bits per heavy atom. The van der Waals surface area contributed by atoms with Crippen LogP contribution in [0.3, 0.4) is 0 Å². The van der Waals surface area contributed by atoms with Gasteiger partial charge in [0.1, 0.15) is 11.6 Å². The van der Waals surface area contributed by atoms with Gasteiger partial charge in [0.25, 0.3) is 0 Å². The fourth-order valence-corrected chi connectivity index (χ4v) is 5.17. The van der Waals surface area contributed by atoms with E-state index in [1.165, 1.54) is 22.5 Å². The molecule has 0 amide bonds. The third-order valence-electron chi connectivity index (χ3n) is 7.04. The first-order valence-electron chi connectivity index (χ1n) is 11.9. The van der Waals surface area contributed by atoms with Gasteiger partial charge in [-0.2, -0.15) is 0 Å². The number of benzene rings is 1. The van der Waals surface area contributed by atoms with Gasteiger partial charge in [-0.1, -0.05) is 36.3 Å². The SMILES string of the molecule is C#Cc1c(N2CCN(C)CC2)nc(N2CCNCC2)c2c1CN(Cc1ccccc1)CC2. The van der Waals surface area contributed by atoms with Crippen molar-refractivity contribution in [1.29, 1.82) is 0 Å². The molecule has 168 valence electrons. The van der Waals surface area contributed by atoms with Crippen LogP contribution in [0.15, 0.2) is 30.3 Å². The lowest BCUT2D eigenvalue weighted by Crippen LogP contribution is -2.47. The summed E-state index contributed by atoms with van der Waals surface area (Å²) >= 11 is 0. The predicted molar refractivity (Wildman–Crippen MR) is 131 cm³/mol. The van der Waals surface area contributed by atoms with E-state index < -0.39 is 0 Å². The molecule has 32 heavy (non-hydrogen) atoms. The molecule has 0 radical (unpaired) electrons. The number of nitrogens with zero attached hydrogens (tertiary/aromatic N) is 5. The summed E-state index contributed by atoms with van der Waals surface area (Å²) in [7, 11) is 2.19. The maximum atomic E-state index is 6.17. The molecule has 0 aliphatic carbocycles. The predicted octanol–water partition coefficient (Wildman–Crippen LogP) is 1.78. The van der Waals surface area contributed by atoms with E-state index in [1.807, 2.05) is 0 Å². The second-order valence-corrected chi connectivity index (χ2v) is 9.21. The highest BCUT2D eigenvalue weighted by Crippen LogP contribution is 2.36. The van der Waals surface area contributed by atoms with Crippen molar-refractivity contribution in [2.75, 3.05) is 75.8 Å². The van der Waals surface area contributed by atoms with E-state index >= 15 is 0 Å². The topological polar surface area (TPSA) is 37.9 Å². The highest BCUT2D eigenvalue weighted by atomic mass is 15.3. The Bertz CT molecular complexity index is 968. The molecule has 1 aromatic heterocycles. The summed E-state index contributed by atoms with van der Waals surface area (Å²) < 4.78 is 0. The third-order valence-corrected chi connectivity index (χ3v) is 7.04. The van der Waals surface area contributed by atoms with Crippen LogP contribution in [0.4, 0.5) is 11.6 Å². The van der Waals surface area contributed by atoms with Gasteiger partial charge in [0.05, 0.1) is 5.56 Å². The molecule has 6 heteroatoms. The van der Waals surface area contributed by atoms with Crippen molar-refractivity contribution < 1.29 is 0 Å². The van der Waals surface area contributed by atoms with Crippen molar-refractivity contribution in [3.05, 3.63) is 52.6 Å². The number of pyridine rings is 1. The van der Waals surface area contributed by atoms with Crippen molar-refractivity contribution in [2.45, 2.75) is 19.5 Å². The van der Waals surface area contributed by atoms with E-state index in [4.69, 9.17) is 11.4 Å². The maximum absolute atomic E-state index is 6.17. The van der Waals surface area contributed by atoms with Gasteiger partial charge in [-0.3, -0.25) is 4.90 Å². The average molecular weight is 431 g/mol. The first-order valence-corrected chi connectivity index (χ1v) is 11.9. The smallest absolute Gasteiger partial charge is 0.147 e. The summed E-state index contributed by atoms with van der Waals surface area (Å²) in [5.74, 6) is 5.27. The first kappa shape index (κ1) is 21.3. The van der Waals surface area contributed by atoms with Crippen LogP contribution in [0.5, 0.6) is 0 Å². The number of piperazine rings is 2. The number of hydrogen-bond acceptors (Lipinski definition) is 6. The molecule has 2 saturated heterocycles. The van der Waals surface area contributed by atoms with Crippen LogP contribution in [0, 0.1) is 12.3 Å². The summed E-state index contributed by atoms with van der Waals surface area (Å²) in [5, 5.41) is 3.48. The van der Waals surface area contributed by atoms with Crippen LogP contribution in [0.1, 0.15) is 22.3 Å². The number of terminal acetylenes is 1. The molecule has 3 aliphatic heterocycles. The minimum absolute atomic E-state index is 0.895. The first-order chi connectivity index (χ1) is 15.7. The Kier molecular flexibility index (Phi) is 6.31. The van der Waals surface area contributed by atoms with E-state index in [2.05, 4.69) is 68.2 Å². The molecule has 0 unspecified atom stereocenters. The second kappa shape index (κ2) is 9.50. The van der Waals surface area contributed by atoms with Crippen molar-refractivity contribution >= 4 is 11.6 Å². The van der Waals surface area contributed by atoms with Crippen LogP contribution in [-0.4, -0.2) is 80.7 Å². The largest absolute Gasteiger partial charge is 0.354 e. The van der Waals surface area contributed by atoms with E-state index in [0.29, 0.717) is 0 Å². The van der Waals surface area contributed by atoms with Crippen molar-refractivity contribution in [3.8, 4) is 12.3 Å². The quantitative estimate of drug-likeness (QED) is 0.746. The lowest BCUT2D eigenvalue weighted by molar-refractivity contribution is 0.245. The number of aromatic nitrogens is 1. The summed E-state index contributed by atoms with van der Waals surface area (Å²) in [5.41, 5.74) is 5.07. The molecular weight excluding hydrogens is 396 g/mol. The summed E-state index contributed by atoms with van der Waals surface area (Å²) in [6, 6.07) is 10.8. The monoisotopic (exact) mass is 430 g/mol. The zero-order valence-electron chi connectivity index (χ0n) is 19.2. The molecule has 0 bridgehead atoms. The van der Waals surface area contributed by atoms with Crippen LogP contribution >= 0.6 is 0 Å². The Balaban J connectivity index is 1.52. The van der Waals surface area contributed by atoms with Crippen molar-refractivity contribution in [1.82, 2.24) is 20.1 Å². The molecule has 1 N–H and O–H groups in total. The minimum atomic E-state index is 0.895.